The van der Waals surface area contributed by atoms with Crippen LogP contribution in [0.2, 0.25) is 5.02 Å². The maximum absolute atomic E-state index is 13.3. The quantitative estimate of drug-likeness (QED) is 0.509. The standard InChI is InChI=1S/C23H22ClNO5S/c1-16-9-11-21(17(2)13-16)30-15-23(26)25(18-10-12-22(29-3)20(24)14-18)31(27,28)19-7-5-4-6-8-19/h4-14H,15H2,1-3H3. The summed E-state index contributed by atoms with van der Waals surface area (Å²) in [5.74, 6) is 0.107. The topological polar surface area (TPSA) is 72.9 Å². The lowest BCUT2D eigenvalue weighted by atomic mass is 10.1. The fourth-order valence-electron chi connectivity index (χ4n) is 3.06. The highest BCUT2D eigenvalue weighted by Gasteiger charge is 2.32. The van der Waals surface area contributed by atoms with Gasteiger partial charge in [-0.1, -0.05) is 47.5 Å². The fraction of sp³-hybridized carbons (Fsp3) is 0.174. The van der Waals surface area contributed by atoms with E-state index in [2.05, 4.69) is 0 Å². The molecule has 0 atom stereocenters. The van der Waals surface area contributed by atoms with Crippen LogP contribution in [0.3, 0.4) is 0 Å². The third kappa shape index (κ3) is 5.00. The van der Waals surface area contributed by atoms with Crippen molar-refractivity contribution in [3.63, 3.8) is 0 Å². The van der Waals surface area contributed by atoms with Crippen LogP contribution in [0.5, 0.6) is 11.5 Å². The zero-order chi connectivity index (χ0) is 22.6. The van der Waals surface area contributed by atoms with Gasteiger partial charge in [0.2, 0.25) is 0 Å². The number of rotatable bonds is 7. The molecular weight excluding hydrogens is 438 g/mol. The number of anilines is 1. The second-order valence-electron chi connectivity index (χ2n) is 6.85. The Bertz CT molecular complexity index is 1200. The third-order valence-corrected chi connectivity index (χ3v) is 6.62. The lowest BCUT2D eigenvalue weighted by molar-refractivity contribution is -0.119. The highest BCUT2D eigenvalue weighted by Crippen LogP contribution is 2.32. The van der Waals surface area contributed by atoms with Gasteiger partial charge in [0.05, 0.1) is 22.7 Å². The van der Waals surface area contributed by atoms with Gasteiger partial charge in [-0.15, -0.1) is 0 Å². The third-order valence-electron chi connectivity index (χ3n) is 4.56. The Morgan fingerprint density at radius 3 is 2.26 bits per heavy atom. The van der Waals surface area contributed by atoms with Crippen molar-refractivity contribution in [3.8, 4) is 11.5 Å². The Hall–Kier alpha value is -3.03. The summed E-state index contributed by atoms with van der Waals surface area (Å²) in [6, 6.07) is 17.6. The molecule has 3 aromatic carbocycles. The highest BCUT2D eigenvalue weighted by atomic mass is 35.5. The Balaban J connectivity index is 1.99. The first-order valence-electron chi connectivity index (χ1n) is 9.41. The minimum atomic E-state index is -4.21. The van der Waals surface area contributed by atoms with Crippen molar-refractivity contribution in [2.24, 2.45) is 0 Å². The van der Waals surface area contributed by atoms with Crippen molar-refractivity contribution in [1.29, 1.82) is 0 Å². The number of amides is 1. The maximum atomic E-state index is 13.3. The average molecular weight is 460 g/mol. The Morgan fingerprint density at radius 1 is 0.968 bits per heavy atom. The molecule has 0 heterocycles. The number of halogens is 1. The number of sulfonamides is 1. The Labute approximate surface area is 187 Å². The van der Waals surface area contributed by atoms with Gasteiger partial charge in [0.15, 0.2) is 6.61 Å². The molecule has 0 aromatic heterocycles. The van der Waals surface area contributed by atoms with Crippen molar-refractivity contribution >= 4 is 33.2 Å². The first-order chi connectivity index (χ1) is 14.7. The number of ether oxygens (including phenoxy) is 2. The van der Waals surface area contributed by atoms with Gasteiger partial charge in [-0.05, 0) is 55.8 Å². The summed E-state index contributed by atoms with van der Waals surface area (Å²) in [7, 11) is -2.76. The average Bonchev–Trinajstić information content (AvgIpc) is 2.74. The molecule has 0 aliphatic rings. The van der Waals surface area contributed by atoms with Gasteiger partial charge in [0.25, 0.3) is 15.9 Å². The molecule has 0 radical (unpaired) electrons. The molecule has 3 rings (SSSR count). The number of methoxy groups -OCH3 is 1. The molecule has 3 aromatic rings. The van der Waals surface area contributed by atoms with Gasteiger partial charge in [-0.25, -0.2) is 8.42 Å². The van der Waals surface area contributed by atoms with Crippen LogP contribution in [-0.2, 0) is 14.8 Å². The molecule has 0 spiro atoms. The summed E-state index contributed by atoms with van der Waals surface area (Å²) in [4.78, 5) is 13.1. The molecule has 0 fully saturated rings. The van der Waals surface area contributed by atoms with Crippen molar-refractivity contribution in [1.82, 2.24) is 0 Å². The molecule has 0 saturated heterocycles. The summed E-state index contributed by atoms with van der Waals surface area (Å²) >= 11 is 6.19. The molecule has 162 valence electrons. The predicted molar refractivity (Wildman–Crippen MR) is 121 cm³/mol. The van der Waals surface area contributed by atoms with E-state index >= 15 is 0 Å². The largest absolute Gasteiger partial charge is 0.495 e. The number of carbonyl (C=O) groups is 1. The maximum Gasteiger partial charge on any atom is 0.278 e. The van der Waals surface area contributed by atoms with Gasteiger partial charge in [-0.3, -0.25) is 4.79 Å². The summed E-state index contributed by atoms with van der Waals surface area (Å²) in [5, 5.41) is 0.177. The number of hydrogen-bond acceptors (Lipinski definition) is 5. The molecule has 0 bridgehead atoms. The molecule has 6 nitrogen and oxygen atoms in total. The monoisotopic (exact) mass is 459 g/mol. The molecule has 8 heteroatoms. The van der Waals surface area contributed by atoms with Gasteiger partial charge < -0.3 is 9.47 Å². The van der Waals surface area contributed by atoms with Crippen molar-refractivity contribution in [3.05, 3.63) is 82.9 Å². The van der Waals surface area contributed by atoms with Crippen LogP contribution >= 0.6 is 11.6 Å². The van der Waals surface area contributed by atoms with Crippen LogP contribution in [0.4, 0.5) is 5.69 Å². The van der Waals surface area contributed by atoms with E-state index < -0.39 is 22.5 Å². The van der Waals surface area contributed by atoms with E-state index in [0.717, 1.165) is 11.1 Å². The SMILES string of the molecule is COc1ccc(N(C(=O)COc2ccc(C)cc2C)S(=O)(=O)c2ccccc2)cc1Cl. The lowest BCUT2D eigenvalue weighted by Crippen LogP contribution is -2.40. The van der Waals surface area contributed by atoms with Crippen LogP contribution in [0.15, 0.2) is 71.6 Å². The summed E-state index contributed by atoms with van der Waals surface area (Å²) in [6.07, 6.45) is 0. The first-order valence-corrected chi connectivity index (χ1v) is 11.2. The van der Waals surface area contributed by atoms with E-state index in [4.69, 9.17) is 21.1 Å². The van der Waals surface area contributed by atoms with E-state index in [-0.39, 0.29) is 15.6 Å². The summed E-state index contributed by atoms with van der Waals surface area (Å²) in [5.41, 5.74) is 1.99. The smallest absolute Gasteiger partial charge is 0.278 e. The minimum absolute atomic E-state index is 0.0261. The van der Waals surface area contributed by atoms with Crippen LogP contribution in [0.1, 0.15) is 11.1 Å². The van der Waals surface area contributed by atoms with Gasteiger partial charge in [0.1, 0.15) is 11.5 Å². The number of hydrogen-bond donors (Lipinski definition) is 0. The van der Waals surface area contributed by atoms with E-state index in [1.807, 2.05) is 26.0 Å². The molecule has 0 N–H and O–H groups in total. The Kier molecular flexibility index (Phi) is 6.87. The first kappa shape index (κ1) is 22.7. The van der Waals surface area contributed by atoms with E-state index in [0.29, 0.717) is 15.8 Å². The van der Waals surface area contributed by atoms with E-state index in [9.17, 15) is 13.2 Å². The second kappa shape index (κ2) is 9.41. The van der Waals surface area contributed by atoms with Crippen LogP contribution < -0.4 is 13.8 Å². The molecule has 0 saturated carbocycles. The molecular formula is C23H22ClNO5S. The molecule has 31 heavy (non-hydrogen) atoms. The summed E-state index contributed by atoms with van der Waals surface area (Å²) in [6.45, 7) is 3.33. The molecule has 0 aliphatic carbocycles. The normalized spacial score (nSPS) is 11.1. The summed E-state index contributed by atoms with van der Waals surface area (Å²) < 4.78 is 38.2. The van der Waals surface area contributed by atoms with Crippen LogP contribution in [0, 0.1) is 13.8 Å². The van der Waals surface area contributed by atoms with Gasteiger partial charge in [0, 0.05) is 0 Å². The van der Waals surface area contributed by atoms with Crippen LogP contribution in [0.25, 0.3) is 0 Å². The zero-order valence-corrected chi connectivity index (χ0v) is 18.9. The Morgan fingerprint density at radius 2 is 1.65 bits per heavy atom. The van der Waals surface area contributed by atoms with Crippen LogP contribution in [-0.4, -0.2) is 28.0 Å². The van der Waals surface area contributed by atoms with E-state index in [1.54, 1.807) is 24.3 Å². The minimum Gasteiger partial charge on any atom is -0.495 e. The number of carbonyl (C=O) groups excluding carboxylic acids is 1. The molecule has 0 unspecified atom stereocenters. The second-order valence-corrected chi connectivity index (χ2v) is 9.05. The van der Waals surface area contributed by atoms with Gasteiger partial charge in [-0.2, -0.15) is 4.31 Å². The predicted octanol–water partition coefficient (Wildman–Crippen LogP) is 4.77. The van der Waals surface area contributed by atoms with Crippen molar-refractivity contribution < 1.29 is 22.7 Å². The highest BCUT2D eigenvalue weighted by molar-refractivity contribution is 7.93. The van der Waals surface area contributed by atoms with Gasteiger partial charge >= 0.3 is 0 Å². The van der Waals surface area contributed by atoms with Crippen molar-refractivity contribution in [2.45, 2.75) is 18.7 Å². The van der Waals surface area contributed by atoms with E-state index in [1.165, 1.54) is 37.4 Å². The van der Waals surface area contributed by atoms with Crippen molar-refractivity contribution in [2.75, 3.05) is 18.0 Å². The number of aryl methyl sites for hydroxylation is 2. The zero-order valence-electron chi connectivity index (χ0n) is 17.3. The number of benzene rings is 3. The molecule has 0 aliphatic heterocycles. The lowest BCUT2D eigenvalue weighted by Gasteiger charge is -2.23. The number of nitrogens with zero attached hydrogens (tertiary/aromatic N) is 1. The fourth-order valence-corrected chi connectivity index (χ4v) is 4.73. The molecule has 1 amide bonds.